The minimum Gasteiger partial charge on any atom is -0.387 e. The van der Waals surface area contributed by atoms with Crippen molar-refractivity contribution < 1.29 is 5.11 Å². The van der Waals surface area contributed by atoms with E-state index in [0.29, 0.717) is 6.42 Å². The van der Waals surface area contributed by atoms with Crippen molar-refractivity contribution >= 4 is 11.3 Å². The zero-order valence-electron chi connectivity index (χ0n) is 9.76. The molecule has 4 nitrogen and oxygen atoms in total. The molecule has 0 fully saturated rings. The lowest BCUT2D eigenvalue weighted by Gasteiger charge is -2.05. The number of nitrogens with zero attached hydrogens (tertiary/aromatic N) is 3. The Morgan fingerprint density at radius 1 is 1.53 bits per heavy atom. The van der Waals surface area contributed by atoms with Crippen LogP contribution in [0.5, 0.6) is 0 Å². The maximum Gasteiger partial charge on any atom is 0.0938 e. The standard InChI is InChI=1S/C12H15N3OS/c1-15-7-9(13-14-15)6-10(16)12-5-8-3-2-4-11(8)17-12/h5,7,10,16H,2-4,6H2,1H3. The maximum atomic E-state index is 10.2. The fourth-order valence-corrected chi connectivity index (χ4v) is 3.55. The molecule has 2 aromatic heterocycles. The molecular weight excluding hydrogens is 234 g/mol. The van der Waals surface area contributed by atoms with Crippen molar-refractivity contribution in [3.63, 3.8) is 0 Å². The van der Waals surface area contributed by atoms with Gasteiger partial charge in [-0.05, 0) is 30.9 Å². The molecule has 0 spiro atoms. The third-order valence-electron chi connectivity index (χ3n) is 3.15. The summed E-state index contributed by atoms with van der Waals surface area (Å²) in [6, 6.07) is 2.16. The molecule has 0 aromatic carbocycles. The van der Waals surface area contributed by atoms with E-state index in [-0.39, 0.29) is 0 Å². The van der Waals surface area contributed by atoms with E-state index >= 15 is 0 Å². The molecule has 1 atom stereocenters. The molecule has 5 heteroatoms. The molecule has 0 amide bonds. The minimum atomic E-state index is -0.442. The molecule has 1 aliphatic rings. The molecule has 1 aliphatic carbocycles. The Morgan fingerprint density at radius 3 is 3.12 bits per heavy atom. The molecule has 1 N–H and O–H groups in total. The molecule has 1 unspecified atom stereocenters. The first-order valence-electron chi connectivity index (χ1n) is 5.87. The number of aliphatic hydroxyl groups is 1. The van der Waals surface area contributed by atoms with E-state index in [4.69, 9.17) is 0 Å². The largest absolute Gasteiger partial charge is 0.387 e. The summed E-state index contributed by atoms with van der Waals surface area (Å²) < 4.78 is 1.66. The van der Waals surface area contributed by atoms with Crippen LogP contribution in [0.25, 0.3) is 0 Å². The van der Waals surface area contributed by atoms with Crippen LogP contribution in [0.3, 0.4) is 0 Å². The number of aliphatic hydroxyl groups excluding tert-OH is 1. The summed E-state index contributed by atoms with van der Waals surface area (Å²) in [6.07, 6.45) is 5.57. The number of fused-ring (bicyclic) bond motifs is 1. The Kier molecular flexibility index (Phi) is 2.72. The minimum absolute atomic E-state index is 0.442. The molecule has 0 aliphatic heterocycles. The fourth-order valence-electron chi connectivity index (χ4n) is 2.30. The Balaban J connectivity index is 1.75. The van der Waals surface area contributed by atoms with Gasteiger partial charge < -0.3 is 5.11 Å². The molecule has 2 aromatic rings. The molecular formula is C12H15N3OS. The van der Waals surface area contributed by atoms with Crippen LogP contribution in [0, 0.1) is 0 Å². The zero-order chi connectivity index (χ0) is 11.8. The average Bonchev–Trinajstić information content (AvgIpc) is 2.92. The molecule has 0 radical (unpaired) electrons. The van der Waals surface area contributed by atoms with Crippen LogP contribution >= 0.6 is 11.3 Å². The summed E-state index contributed by atoms with van der Waals surface area (Å²) in [4.78, 5) is 2.53. The van der Waals surface area contributed by atoms with E-state index in [1.807, 2.05) is 13.2 Å². The van der Waals surface area contributed by atoms with Gasteiger partial charge in [-0.25, -0.2) is 0 Å². The van der Waals surface area contributed by atoms with E-state index < -0.39 is 6.10 Å². The molecule has 0 saturated carbocycles. The topological polar surface area (TPSA) is 50.9 Å². The number of aromatic nitrogens is 3. The highest BCUT2D eigenvalue weighted by atomic mass is 32.1. The quantitative estimate of drug-likeness (QED) is 0.899. The first-order valence-corrected chi connectivity index (χ1v) is 6.69. The van der Waals surface area contributed by atoms with Crippen molar-refractivity contribution in [3.8, 4) is 0 Å². The van der Waals surface area contributed by atoms with Crippen LogP contribution in [0.1, 0.15) is 33.5 Å². The number of aryl methyl sites for hydroxylation is 3. The highest BCUT2D eigenvalue weighted by Crippen LogP contribution is 2.34. The summed E-state index contributed by atoms with van der Waals surface area (Å²) in [5.41, 5.74) is 2.27. The Bertz CT molecular complexity index is 510. The first-order chi connectivity index (χ1) is 8.22. The number of thiophene rings is 1. The van der Waals surface area contributed by atoms with Gasteiger partial charge >= 0.3 is 0 Å². The van der Waals surface area contributed by atoms with Gasteiger partial charge in [-0.3, -0.25) is 4.68 Å². The lowest BCUT2D eigenvalue weighted by atomic mass is 10.1. The smallest absolute Gasteiger partial charge is 0.0938 e. The van der Waals surface area contributed by atoms with Crippen LogP contribution in [-0.2, 0) is 26.3 Å². The van der Waals surface area contributed by atoms with E-state index in [1.165, 1.54) is 29.7 Å². The Hall–Kier alpha value is -1.20. The molecule has 3 rings (SSSR count). The predicted molar refractivity (Wildman–Crippen MR) is 66.0 cm³/mol. The Morgan fingerprint density at radius 2 is 2.41 bits per heavy atom. The summed E-state index contributed by atoms with van der Waals surface area (Å²) in [5.74, 6) is 0. The average molecular weight is 249 g/mol. The van der Waals surface area contributed by atoms with Crippen molar-refractivity contribution in [2.75, 3.05) is 0 Å². The van der Waals surface area contributed by atoms with Crippen molar-refractivity contribution in [1.29, 1.82) is 0 Å². The van der Waals surface area contributed by atoms with Crippen molar-refractivity contribution in [3.05, 3.63) is 33.3 Å². The number of rotatable bonds is 3. The second-order valence-electron chi connectivity index (χ2n) is 4.55. The monoisotopic (exact) mass is 249 g/mol. The third-order valence-corrected chi connectivity index (χ3v) is 4.49. The van der Waals surface area contributed by atoms with Gasteiger partial charge in [-0.1, -0.05) is 5.21 Å². The van der Waals surface area contributed by atoms with Crippen molar-refractivity contribution in [2.24, 2.45) is 7.05 Å². The second-order valence-corrected chi connectivity index (χ2v) is 5.72. The number of hydrogen-bond acceptors (Lipinski definition) is 4. The summed E-state index contributed by atoms with van der Waals surface area (Å²) in [5, 5.41) is 18.0. The van der Waals surface area contributed by atoms with Gasteiger partial charge in [0, 0.05) is 29.4 Å². The SMILES string of the molecule is Cn1cc(CC(O)c2cc3c(s2)CCC3)nn1. The van der Waals surface area contributed by atoms with Gasteiger partial charge in [-0.2, -0.15) is 0 Å². The van der Waals surface area contributed by atoms with E-state index in [0.717, 1.165) is 10.6 Å². The Labute approximate surface area is 104 Å². The zero-order valence-corrected chi connectivity index (χ0v) is 10.6. The van der Waals surface area contributed by atoms with Crippen molar-refractivity contribution in [1.82, 2.24) is 15.0 Å². The van der Waals surface area contributed by atoms with E-state index in [9.17, 15) is 5.11 Å². The van der Waals surface area contributed by atoms with Crippen LogP contribution in [0.15, 0.2) is 12.3 Å². The molecule has 0 saturated heterocycles. The van der Waals surface area contributed by atoms with Crippen LogP contribution < -0.4 is 0 Å². The molecule has 17 heavy (non-hydrogen) atoms. The van der Waals surface area contributed by atoms with Gasteiger partial charge in [0.15, 0.2) is 0 Å². The summed E-state index contributed by atoms with van der Waals surface area (Å²) in [6.45, 7) is 0. The predicted octanol–water partition coefficient (Wildman–Crippen LogP) is 1.64. The van der Waals surface area contributed by atoms with Gasteiger partial charge in [0.2, 0.25) is 0 Å². The van der Waals surface area contributed by atoms with Gasteiger partial charge in [0.1, 0.15) is 0 Å². The highest BCUT2D eigenvalue weighted by Gasteiger charge is 2.19. The maximum absolute atomic E-state index is 10.2. The first kappa shape index (κ1) is 10.9. The number of hydrogen-bond donors (Lipinski definition) is 1. The van der Waals surface area contributed by atoms with Crippen LogP contribution in [-0.4, -0.2) is 20.1 Å². The molecule has 90 valence electrons. The lowest BCUT2D eigenvalue weighted by Crippen LogP contribution is -2.00. The summed E-state index contributed by atoms with van der Waals surface area (Å²) >= 11 is 1.75. The van der Waals surface area contributed by atoms with Crippen molar-refractivity contribution in [2.45, 2.75) is 31.8 Å². The van der Waals surface area contributed by atoms with Gasteiger partial charge in [0.05, 0.1) is 11.8 Å². The lowest BCUT2D eigenvalue weighted by molar-refractivity contribution is 0.181. The molecule has 2 heterocycles. The third kappa shape index (κ3) is 2.12. The van der Waals surface area contributed by atoms with Crippen LogP contribution in [0.2, 0.25) is 0 Å². The summed E-state index contributed by atoms with van der Waals surface area (Å²) in [7, 11) is 1.84. The fraction of sp³-hybridized carbons (Fsp3) is 0.500. The second kappa shape index (κ2) is 4.23. The van der Waals surface area contributed by atoms with E-state index in [1.54, 1.807) is 16.0 Å². The van der Waals surface area contributed by atoms with E-state index in [2.05, 4.69) is 16.4 Å². The molecule has 0 bridgehead atoms. The normalized spacial score (nSPS) is 16.1. The van der Waals surface area contributed by atoms with Gasteiger partial charge in [0.25, 0.3) is 0 Å². The van der Waals surface area contributed by atoms with Gasteiger partial charge in [-0.15, -0.1) is 16.4 Å². The van der Waals surface area contributed by atoms with Crippen LogP contribution in [0.4, 0.5) is 0 Å². The highest BCUT2D eigenvalue weighted by molar-refractivity contribution is 7.12.